The number of nitrogens with one attached hydrogen (secondary N) is 2. The van der Waals surface area contributed by atoms with Crippen LogP contribution in [0.5, 0.6) is 0 Å². The van der Waals surface area contributed by atoms with Crippen LogP contribution < -0.4 is 10.6 Å². The van der Waals surface area contributed by atoms with Crippen LogP contribution in [0.2, 0.25) is 10.0 Å². The predicted octanol–water partition coefficient (Wildman–Crippen LogP) is 3.44. The predicted molar refractivity (Wildman–Crippen MR) is 107 cm³/mol. The summed E-state index contributed by atoms with van der Waals surface area (Å²) in [6, 6.07) is 5.70. The van der Waals surface area contributed by atoms with Crippen LogP contribution in [0.25, 0.3) is 0 Å². The zero-order chi connectivity index (χ0) is 18.3. The van der Waals surface area contributed by atoms with Crippen LogP contribution in [0, 0.1) is 0 Å². The fourth-order valence-electron chi connectivity index (χ4n) is 3.58. The lowest BCUT2D eigenvalue weighted by molar-refractivity contribution is 0.238. The molecule has 0 atom stereocenters. The van der Waals surface area contributed by atoms with Gasteiger partial charge in [0.05, 0.1) is 39.2 Å². The molecular weight excluding hydrogens is 371 g/mol. The molecule has 1 spiro atoms. The molecule has 2 aliphatic heterocycles. The van der Waals surface area contributed by atoms with Crippen LogP contribution in [-0.4, -0.2) is 46.2 Å². The van der Waals surface area contributed by atoms with E-state index >= 15 is 0 Å². The van der Waals surface area contributed by atoms with Gasteiger partial charge in [0.1, 0.15) is 5.84 Å². The van der Waals surface area contributed by atoms with Crippen molar-refractivity contribution in [1.82, 2.24) is 20.0 Å². The summed E-state index contributed by atoms with van der Waals surface area (Å²) in [4.78, 5) is 7.26. The lowest BCUT2D eigenvalue weighted by Crippen LogP contribution is -2.58. The summed E-state index contributed by atoms with van der Waals surface area (Å²) in [5.41, 5.74) is 2.52. The normalized spacial score (nSPS) is 19.0. The van der Waals surface area contributed by atoms with E-state index in [4.69, 9.17) is 28.2 Å². The van der Waals surface area contributed by atoms with Gasteiger partial charge in [0.25, 0.3) is 0 Å². The first kappa shape index (κ1) is 17.6. The molecule has 0 amide bonds. The van der Waals surface area contributed by atoms with Crippen molar-refractivity contribution in [3.8, 4) is 0 Å². The standard InChI is InChI=1S/C18H22Cl2N6/c1-25-7-4-18(5-8-25)17(21-11-12-3-6-26(2)24-12)22-15-9-13(19)14(20)10-16(15)23-18/h3,6,9-10,23H,4-5,7-8,11H2,1-2H3,(H,21,22). The molecule has 2 N–H and O–H groups in total. The Morgan fingerprint density at radius 3 is 2.62 bits per heavy atom. The van der Waals surface area contributed by atoms with Crippen molar-refractivity contribution in [1.29, 1.82) is 0 Å². The number of hydrogen-bond donors (Lipinski definition) is 2. The average molecular weight is 393 g/mol. The Balaban J connectivity index is 1.67. The fourth-order valence-corrected chi connectivity index (χ4v) is 3.90. The van der Waals surface area contributed by atoms with E-state index in [1.165, 1.54) is 0 Å². The lowest BCUT2D eigenvalue weighted by atomic mass is 9.84. The molecule has 4 rings (SSSR count). The number of anilines is 1. The van der Waals surface area contributed by atoms with Gasteiger partial charge in [0.15, 0.2) is 0 Å². The van der Waals surface area contributed by atoms with Gasteiger partial charge >= 0.3 is 0 Å². The van der Waals surface area contributed by atoms with E-state index in [-0.39, 0.29) is 5.54 Å². The highest BCUT2D eigenvalue weighted by atomic mass is 35.5. The van der Waals surface area contributed by atoms with Crippen LogP contribution >= 0.6 is 23.2 Å². The summed E-state index contributed by atoms with van der Waals surface area (Å²) < 4.78 is 1.81. The zero-order valence-corrected chi connectivity index (χ0v) is 16.4. The molecular formula is C18H22Cl2N6. The maximum atomic E-state index is 6.22. The van der Waals surface area contributed by atoms with E-state index in [9.17, 15) is 0 Å². The van der Waals surface area contributed by atoms with Gasteiger partial charge in [0.2, 0.25) is 0 Å². The van der Waals surface area contributed by atoms with E-state index in [0.717, 1.165) is 48.8 Å². The minimum absolute atomic E-state index is 0.217. The van der Waals surface area contributed by atoms with Crippen LogP contribution in [-0.2, 0) is 13.6 Å². The second-order valence-electron chi connectivity index (χ2n) is 7.09. The van der Waals surface area contributed by atoms with Crippen molar-refractivity contribution < 1.29 is 0 Å². The number of amidine groups is 1. The van der Waals surface area contributed by atoms with Crippen molar-refractivity contribution >= 4 is 40.4 Å². The highest BCUT2D eigenvalue weighted by Crippen LogP contribution is 2.41. The van der Waals surface area contributed by atoms with E-state index in [2.05, 4.69) is 27.7 Å². The number of hydrogen-bond acceptors (Lipinski definition) is 5. The topological polar surface area (TPSA) is 57.5 Å². The largest absolute Gasteiger partial charge is 0.371 e. The monoisotopic (exact) mass is 392 g/mol. The van der Waals surface area contributed by atoms with Gasteiger partial charge in [0, 0.05) is 26.3 Å². The molecule has 2 aliphatic rings. The van der Waals surface area contributed by atoms with Gasteiger partial charge in [-0.15, -0.1) is 0 Å². The van der Waals surface area contributed by atoms with Gasteiger partial charge in [-0.3, -0.25) is 4.68 Å². The number of piperidine rings is 1. The van der Waals surface area contributed by atoms with Gasteiger partial charge in [-0.2, -0.15) is 5.10 Å². The molecule has 8 heteroatoms. The molecule has 1 saturated heterocycles. The Bertz CT molecular complexity index is 851. The molecule has 0 aliphatic carbocycles. The second kappa shape index (κ2) is 6.76. The molecule has 0 unspecified atom stereocenters. The molecule has 26 heavy (non-hydrogen) atoms. The molecule has 3 heterocycles. The van der Waals surface area contributed by atoms with Gasteiger partial charge in [-0.25, -0.2) is 4.99 Å². The molecule has 1 aromatic carbocycles. The summed E-state index contributed by atoms with van der Waals surface area (Å²) in [5.74, 6) is 0.946. The second-order valence-corrected chi connectivity index (χ2v) is 7.90. The minimum Gasteiger partial charge on any atom is -0.371 e. The number of aliphatic imine (C=N–C) groups is 1. The average Bonchev–Trinajstić information content (AvgIpc) is 3.03. The number of fused-ring (bicyclic) bond motifs is 1. The Morgan fingerprint density at radius 2 is 1.92 bits per heavy atom. The Morgan fingerprint density at radius 1 is 1.19 bits per heavy atom. The fraction of sp³-hybridized carbons (Fsp3) is 0.444. The molecule has 138 valence electrons. The minimum atomic E-state index is -0.217. The van der Waals surface area contributed by atoms with Crippen molar-refractivity contribution in [3.63, 3.8) is 0 Å². The number of aromatic nitrogens is 2. The first-order chi connectivity index (χ1) is 12.4. The third kappa shape index (κ3) is 3.29. The first-order valence-corrected chi connectivity index (χ1v) is 9.48. The van der Waals surface area contributed by atoms with Gasteiger partial charge < -0.3 is 15.5 Å². The summed E-state index contributed by atoms with van der Waals surface area (Å²) in [6.07, 6.45) is 3.88. The highest BCUT2D eigenvalue weighted by molar-refractivity contribution is 6.42. The van der Waals surface area contributed by atoms with Crippen LogP contribution in [0.4, 0.5) is 11.4 Å². The Hall–Kier alpha value is -1.76. The maximum Gasteiger partial charge on any atom is 0.129 e. The van der Waals surface area contributed by atoms with Gasteiger partial charge in [-0.1, -0.05) is 23.2 Å². The molecule has 0 radical (unpaired) electrons. The third-order valence-corrected chi connectivity index (χ3v) is 5.87. The zero-order valence-electron chi connectivity index (χ0n) is 14.9. The number of nitrogens with zero attached hydrogens (tertiary/aromatic N) is 4. The number of halogens is 2. The molecule has 0 saturated carbocycles. The molecule has 1 aromatic heterocycles. The SMILES string of the molecule is CN1CCC2(CC1)Nc1cc(Cl)c(Cl)cc1N=C2NCc1ccn(C)n1. The van der Waals surface area contributed by atoms with E-state index in [1.807, 2.05) is 31.4 Å². The summed E-state index contributed by atoms with van der Waals surface area (Å²) >= 11 is 12.4. The van der Waals surface area contributed by atoms with Crippen molar-refractivity contribution in [3.05, 3.63) is 40.1 Å². The molecule has 1 fully saturated rings. The lowest BCUT2D eigenvalue weighted by Gasteiger charge is -2.45. The Labute approximate surface area is 163 Å². The number of rotatable bonds is 2. The number of aryl methyl sites for hydroxylation is 1. The van der Waals surface area contributed by atoms with E-state index in [0.29, 0.717) is 16.6 Å². The van der Waals surface area contributed by atoms with Crippen LogP contribution in [0.3, 0.4) is 0 Å². The summed E-state index contributed by atoms with van der Waals surface area (Å²) in [6.45, 7) is 2.65. The van der Waals surface area contributed by atoms with Crippen molar-refractivity contribution in [2.24, 2.45) is 12.0 Å². The van der Waals surface area contributed by atoms with E-state index < -0.39 is 0 Å². The molecule has 2 aromatic rings. The third-order valence-electron chi connectivity index (χ3n) is 5.14. The first-order valence-electron chi connectivity index (χ1n) is 8.72. The molecule has 0 bridgehead atoms. The Kier molecular flexibility index (Phi) is 4.59. The highest BCUT2D eigenvalue weighted by Gasteiger charge is 2.41. The van der Waals surface area contributed by atoms with Crippen LogP contribution in [0.15, 0.2) is 29.4 Å². The van der Waals surface area contributed by atoms with Crippen LogP contribution in [0.1, 0.15) is 18.5 Å². The quantitative estimate of drug-likeness (QED) is 0.821. The van der Waals surface area contributed by atoms with Gasteiger partial charge in [-0.05, 0) is 38.1 Å². The smallest absolute Gasteiger partial charge is 0.129 e. The maximum absolute atomic E-state index is 6.22. The molecule has 6 nitrogen and oxygen atoms in total. The van der Waals surface area contributed by atoms with E-state index in [1.54, 1.807) is 4.68 Å². The number of likely N-dealkylation sites (tertiary alicyclic amines) is 1. The number of benzene rings is 1. The summed E-state index contributed by atoms with van der Waals surface area (Å²) in [5, 5.41) is 12.7. The van der Waals surface area contributed by atoms with Crippen molar-refractivity contribution in [2.75, 3.05) is 25.5 Å². The summed E-state index contributed by atoms with van der Waals surface area (Å²) in [7, 11) is 4.07. The van der Waals surface area contributed by atoms with Crippen molar-refractivity contribution in [2.45, 2.75) is 24.9 Å².